The van der Waals surface area contributed by atoms with Crippen molar-refractivity contribution >= 4 is 5.82 Å². The quantitative estimate of drug-likeness (QED) is 0.848. The molecule has 0 saturated heterocycles. The van der Waals surface area contributed by atoms with E-state index >= 15 is 0 Å². The van der Waals surface area contributed by atoms with Crippen LogP contribution >= 0.6 is 0 Å². The Morgan fingerprint density at radius 3 is 2.88 bits per heavy atom. The summed E-state index contributed by atoms with van der Waals surface area (Å²) in [5.74, 6) is 2.08. The van der Waals surface area contributed by atoms with Gasteiger partial charge >= 0.3 is 0 Å². The molecule has 2 rings (SSSR count). The third-order valence-corrected chi connectivity index (χ3v) is 3.06. The predicted molar refractivity (Wildman–Crippen MR) is 63.6 cm³/mol. The van der Waals surface area contributed by atoms with E-state index in [-0.39, 0.29) is 0 Å². The van der Waals surface area contributed by atoms with Crippen molar-refractivity contribution in [2.75, 3.05) is 19.0 Å². The van der Waals surface area contributed by atoms with Crippen molar-refractivity contribution in [1.82, 2.24) is 9.97 Å². The molecular formula is C12H19N3O. The van der Waals surface area contributed by atoms with E-state index in [9.17, 15) is 0 Å². The molecule has 0 atom stereocenters. The van der Waals surface area contributed by atoms with E-state index in [1.807, 2.05) is 7.05 Å². The van der Waals surface area contributed by atoms with Crippen molar-refractivity contribution in [2.45, 2.75) is 32.1 Å². The Labute approximate surface area is 96.4 Å². The van der Waals surface area contributed by atoms with Crippen LogP contribution in [0.4, 0.5) is 5.82 Å². The molecule has 88 valence electrons. The van der Waals surface area contributed by atoms with Crippen LogP contribution in [-0.2, 0) is 0 Å². The molecule has 0 amide bonds. The molecule has 0 aromatic carbocycles. The zero-order valence-corrected chi connectivity index (χ0v) is 9.78. The average molecular weight is 221 g/mol. The second kappa shape index (κ2) is 5.68. The zero-order chi connectivity index (χ0) is 11.2. The largest absolute Gasteiger partial charge is 0.476 e. The molecule has 1 aliphatic carbocycles. The highest BCUT2D eigenvalue weighted by atomic mass is 16.5. The summed E-state index contributed by atoms with van der Waals surface area (Å²) < 4.78 is 5.67. The number of aromatic nitrogens is 2. The zero-order valence-electron chi connectivity index (χ0n) is 9.78. The first-order valence-corrected chi connectivity index (χ1v) is 6.01. The van der Waals surface area contributed by atoms with Crippen LogP contribution < -0.4 is 10.1 Å². The van der Waals surface area contributed by atoms with Crippen LogP contribution in [-0.4, -0.2) is 23.6 Å². The maximum absolute atomic E-state index is 5.67. The van der Waals surface area contributed by atoms with Crippen LogP contribution in [0.5, 0.6) is 5.88 Å². The molecule has 0 spiro atoms. The second-order valence-corrected chi connectivity index (χ2v) is 4.31. The van der Waals surface area contributed by atoms with Gasteiger partial charge in [-0.15, -0.1) is 0 Å². The first-order valence-electron chi connectivity index (χ1n) is 6.01. The fourth-order valence-corrected chi connectivity index (χ4v) is 2.10. The Morgan fingerprint density at radius 1 is 1.31 bits per heavy atom. The lowest BCUT2D eigenvalue weighted by Crippen LogP contribution is -2.15. The minimum absolute atomic E-state index is 0.623. The molecule has 1 fully saturated rings. The average Bonchev–Trinajstić information content (AvgIpc) is 2.38. The normalized spacial score (nSPS) is 17.1. The Bertz CT molecular complexity index is 324. The summed E-state index contributed by atoms with van der Waals surface area (Å²) in [7, 11) is 1.83. The van der Waals surface area contributed by atoms with E-state index in [4.69, 9.17) is 4.74 Å². The lowest BCUT2D eigenvalue weighted by molar-refractivity contribution is 0.202. The SMILES string of the molecule is CNc1cncc(OCC2CCCCC2)n1. The van der Waals surface area contributed by atoms with Crippen molar-refractivity contribution in [3.63, 3.8) is 0 Å². The van der Waals surface area contributed by atoms with Crippen LogP contribution in [0.3, 0.4) is 0 Å². The van der Waals surface area contributed by atoms with Gasteiger partial charge < -0.3 is 10.1 Å². The van der Waals surface area contributed by atoms with Gasteiger partial charge in [0.1, 0.15) is 5.82 Å². The van der Waals surface area contributed by atoms with Crippen LogP contribution in [0.1, 0.15) is 32.1 Å². The smallest absolute Gasteiger partial charge is 0.234 e. The van der Waals surface area contributed by atoms with Gasteiger partial charge in [0.25, 0.3) is 0 Å². The summed E-state index contributed by atoms with van der Waals surface area (Å²) in [5.41, 5.74) is 0. The highest BCUT2D eigenvalue weighted by molar-refractivity contribution is 5.31. The van der Waals surface area contributed by atoms with Gasteiger partial charge in [-0.25, -0.2) is 0 Å². The number of hydrogen-bond acceptors (Lipinski definition) is 4. The van der Waals surface area contributed by atoms with Gasteiger partial charge in [0, 0.05) is 7.05 Å². The summed E-state index contributed by atoms with van der Waals surface area (Å²) in [6, 6.07) is 0. The van der Waals surface area contributed by atoms with Crippen molar-refractivity contribution in [3.8, 4) is 5.88 Å². The molecule has 4 heteroatoms. The molecule has 1 aromatic heterocycles. The highest BCUT2D eigenvalue weighted by Gasteiger charge is 2.14. The maximum Gasteiger partial charge on any atom is 0.234 e. The van der Waals surface area contributed by atoms with Gasteiger partial charge in [0.05, 0.1) is 19.0 Å². The van der Waals surface area contributed by atoms with Crippen molar-refractivity contribution in [3.05, 3.63) is 12.4 Å². The van der Waals surface area contributed by atoms with E-state index < -0.39 is 0 Å². The van der Waals surface area contributed by atoms with Crippen LogP contribution in [0.2, 0.25) is 0 Å². The van der Waals surface area contributed by atoms with Gasteiger partial charge in [-0.2, -0.15) is 4.98 Å². The minimum atomic E-state index is 0.623. The summed E-state index contributed by atoms with van der Waals surface area (Å²) >= 11 is 0. The fraction of sp³-hybridized carbons (Fsp3) is 0.667. The number of nitrogens with one attached hydrogen (secondary N) is 1. The van der Waals surface area contributed by atoms with Gasteiger partial charge in [-0.1, -0.05) is 19.3 Å². The number of anilines is 1. The third kappa shape index (κ3) is 3.08. The summed E-state index contributed by atoms with van der Waals surface area (Å²) in [6.07, 6.45) is 10.0. The van der Waals surface area contributed by atoms with Gasteiger partial charge in [0.15, 0.2) is 0 Å². The fourth-order valence-electron chi connectivity index (χ4n) is 2.10. The lowest BCUT2D eigenvalue weighted by atomic mass is 9.90. The Hall–Kier alpha value is -1.32. The van der Waals surface area contributed by atoms with Crippen LogP contribution in [0.15, 0.2) is 12.4 Å². The molecule has 1 aliphatic rings. The maximum atomic E-state index is 5.67. The van der Waals surface area contributed by atoms with E-state index in [0.29, 0.717) is 11.8 Å². The van der Waals surface area contributed by atoms with Gasteiger partial charge in [0.2, 0.25) is 5.88 Å². The van der Waals surface area contributed by atoms with Crippen molar-refractivity contribution in [2.24, 2.45) is 5.92 Å². The number of nitrogens with zero attached hydrogens (tertiary/aromatic N) is 2. The Kier molecular flexibility index (Phi) is 3.97. The topological polar surface area (TPSA) is 47.0 Å². The first-order chi connectivity index (χ1) is 7.88. The van der Waals surface area contributed by atoms with Gasteiger partial charge in [-0.05, 0) is 18.8 Å². The lowest BCUT2D eigenvalue weighted by Gasteiger charge is -2.21. The molecule has 0 bridgehead atoms. The molecule has 4 nitrogen and oxygen atoms in total. The monoisotopic (exact) mass is 221 g/mol. The number of hydrogen-bond donors (Lipinski definition) is 1. The first kappa shape index (κ1) is 11.2. The Morgan fingerprint density at radius 2 is 2.12 bits per heavy atom. The molecule has 1 heterocycles. The summed E-state index contributed by atoms with van der Waals surface area (Å²) in [6.45, 7) is 0.780. The van der Waals surface area contributed by atoms with Crippen LogP contribution in [0.25, 0.3) is 0 Å². The predicted octanol–water partition coefficient (Wildman–Crippen LogP) is 2.48. The van der Waals surface area contributed by atoms with Crippen LogP contribution in [0, 0.1) is 5.92 Å². The van der Waals surface area contributed by atoms with Crippen molar-refractivity contribution in [1.29, 1.82) is 0 Å². The molecule has 16 heavy (non-hydrogen) atoms. The molecule has 1 aromatic rings. The van der Waals surface area contributed by atoms with E-state index in [0.717, 1.165) is 12.4 Å². The number of ether oxygens (including phenoxy) is 1. The number of rotatable bonds is 4. The molecular weight excluding hydrogens is 202 g/mol. The van der Waals surface area contributed by atoms with E-state index in [1.54, 1.807) is 12.4 Å². The molecule has 0 unspecified atom stereocenters. The standard InChI is InChI=1S/C12H19N3O/c1-13-11-7-14-8-12(15-11)16-9-10-5-3-2-4-6-10/h7-8,10H,2-6,9H2,1H3,(H,13,15). The van der Waals surface area contributed by atoms with E-state index in [1.165, 1.54) is 32.1 Å². The molecule has 1 saturated carbocycles. The molecule has 0 aliphatic heterocycles. The highest BCUT2D eigenvalue weighted by Crippen LogP contribution is 2.24. The Balaban J connectivity index is 1.83. The second-order valence-electron chi connectivity index (χ2n) is 4.31. The summed E-state index contributed by atoms with van der Waals surface area (Å²) in [5, 5.41) is 2.95. The van der Waals surface area contributed by atoms with Crippen molar-refractivity contribution < 1.29 is 4.74 Å². The van der Waals surface area contributed by atoms with Gasteiger partial charge in [-0.3, -0.25) is 4.98 Å². The summed E-state index contributed by atoms with van der Waals surface area (Å²) in [4.78, 5) is 8.35. The van der Waals surface area contributed by atoms with E-state index in [2.05, 4.69) is 15.3 Å². The third-order valence-electron chi connectivity index (χ3n) is 3.06. The molecule has 0 radical (unpaired) electrons. The molecule has 1 N–H and O–H groups in total. The minimum Gasteiger partial charge on any atom is -0.476 e.